The summed E-state index contributed by atoms with van der Waals surface area (Å²) >= 11 is 0.867. The van der Waals surface area contributed by atoms with Crippen LogP contribution in [-0.4, -0.2) is 26.8 Å². The van der Waals surface area contributed by atoms with Gasteiger partial charge >= 0.3 is 5.97 Å². The molecular formula is C34H28N4O11S. The SMILES string of the molecule is NOOSc1ccccc1NC(=O)c1cccc(OCc2ccc([N+](=O)[O-])cc2)c1.O=C(O)c1cccc(OCc2ccc([N+](=O)[O-])cc2)c1. The second kappa shape index (κ2) is 18.3. The average molecular weight is 701 g/mol. The molecule has 256 valence electrons. The van der Waals surface area contributed by atoms with Crippen molar-refractivity contribution in [2.24, 2.45) is 5.90 Å². The number of carboxylic acid groups (broad SMARTS) is 1. The number of carboxylic acids is 1. The highest BCUT2D eigenvalue weighted by atomic mass is 32.2. The zero-order valence-electron chi connectivity index (χ0n) is 25.9. The van der Waals surface area contributed by atoms with E-state index in [1.54, 1.807) is 84.9 Å². The lowest BCUT2D eigenvalue weighted by atomic mass is 10.2. The van der Waals surface area contributed by atoms with Crippen LogP contribution in [-0.2, 0) is 22.5 Å². The Hall–Kier alpha value is -6.33. The minimum absolute atomic E-state index is 0.0132. The molecule has 0 aromatic heterocycles. The van der Waals surface area contributed by atoms with Gasteiger partial charge in [0.15, 0.2) is 0 Å². The minimum Gasteiger partial charge on any atom is -0.489 e. The van der Waals surface area contributed by atoms with Gasteiger partial charge in [-0.1, -0.05) is 24.3 Å². The van der Waals surface area contributed by atoms with E-state index in [1.807, 2.05) is 0 Å². The van der Waals surface area contributed by atoms with Gasteiger partial charge in [-0.2, -0.15) is 5.90 Å². The number of carbonyl (C=O) groups is 2. The van der Waals surface area contributed by atoms with Crippen molar-refractivity contribution in [1.82, 2.24) is 0 Å². The Labute approximate surface area is 288 Å². The zero-order chi connectivity index (χ0) is 35.9. The van der Waals surface area contributed by atoms with Gasteiger partial charge in [0.05, 0.1) is 38.0 Å². The number of hydrogen-bond acceptors (Lipinski definition) is 12. The molecule has 0 aliphatic heterocycles. The molecule has 0 spiro atoms. The van der Waals surface area contributed by atoms with Crippen molar-refractivity contribution in [3.8, 4) is 11.5 Å². The molecule has 4 N–H and O–H groups in total. The summed E-state index contributed by atoms with van der Waals surface area (Å²) in [6, 6.07) is 31.9. The number of anilines is 1. The number of benzene rings is 5. The Balaban J connectivity index is 0.000000244. The highest BCUT2D eigenvalue weighted by molar-refractivity contribution is 7.94. The zero-order valence-corrected chi connectivity index (χ0v) is 26.7. The van der Waals surface area contributed by atoms with Crippen LogP contribution in [0, 0.1) is 20.2 Å². The number of hydrogen-bond donors (Lipinski definition) is 3. The fraction of sp³-hybridized carbons (Fsp3) is 0.0588. The van der Waals surface area contributed by atoms with Gasteiger partial charge in [0.1, 0.15) is 24.7 Å². The summed E-state index contributed by atoms with van der Waals surface area (Å²) in [5, 5.41) is 32.9. The van der Waals surface area contributed by atoms with Crippen LogP contribution >= 0.6 is 12.0 Å². The second-order valence-corrected chi connectivity index (χ2v) is 10.7. The lowest BCUT2D eigenvalue weighted by Crippen LogP contribution is -2.12. The van der Waals surface area contributed by atoms with E-state index < -0.39 is 15.8 Å². The maximum atomic E-state index is 12.6. The van der Waals surface area contributed by atoms with Crippen LogP contribution < -0.4 is 20.7 Å². The van der Waals surface area contributed by atoms with E-state index in [0.29, 0.717) is 27.6 Å². The Bertz CT molecular complexity index is 1940. The molecule has 0 unspecified atom stereocenters. The molecule has 5 aromatic carbocycles. The minimum atomic E-state index is -1.02. The monoisotopic (exact) mass is 700 g/mol. The Kier molecular flexibility index (Phi) is 13.3. The molecule has 0 fully saturated rings. The van der Waals surface area contributed by atoms with Gasteiger partial charge in [0, 0.05) is 29.8 Å². The summed E-state index contributed by atoms with van der Waals surface area (Å²) in [5.41, 5.74) is 2.63. The maximum absolute atomic E-state index is 12.6. The van der Waals surface area contributed by atoms with Gasteiger partial charge in [0.25, 0.3) is 17.3 Å². The van der Waals surface area contributed by atoms with Crippen LogP contribution in [0.5, 0.6) is 11.5 Å². The lowest BCUT2D eigenvalue weighted by Gasteiger charge is -2.11. The maximum Gasteiger partial charge on any atom is 0.335 e. The van der Waals surface area contributed by atoms with Gasteiger partial charge in [0.2, 0.25) is 0 Å². The molecule has 5 aromatic rings. The van der Waals surface area contributed by atoms with Crippen molar-refractivity contribution >= 4 is 41.0 Å². The first kappa shape index (κ1) is 36.5. The first-order chi connectivity index (χ1) is 24.1. The topological polar surface area (TPSA) is 216 Å². The summed E-state index contributed by atoms with van der Waals surface area (Å²) in [6.45, 7) is 0.417. The molecule has 0 bridgehead atoms. The predicted molar refractivity (Wildman–Crippen MR) is 181 cm³/mol. The van der Waals surface area contributed by atoms with Crippen LogP contribution in [0.2, 0.25) is 0 Å². The Morgan fingerprint density at radius 2 is 1.20 bits per heavy atom. The van der Waals surface area contributed by atoms with E-state index in [4.69, 9.17) is 20.5 Å². The number of nitro benzene ring substituents is 2. The number of aromatic carboxylic acids is 1. The molecule has 0 saturated carbocycles. The number of carbonyl (C=O) groups excluding carboxylic acids is 1. The molecule has 1 amide bonds. The molecule has 0 aliphatic rings. The predicted octanol–water partition coefficient (Wildman–Crippen LogP) is 7.13. The number of nitrogens with two attached hydrogens (primary N) is 1. The van der Waals surface area contributed by atoms with Crippen LogP contribution in [0.15, 0.2) is 126 Å². The lowest BCUT2D eigenvalue weighted by molar-refractivity contribution is -0.385. The normalized spacial score (nSPS) is 10.3. The highest BCUT2D eigenvalue weighted by Gasteiger charge is 2.12. The summed E-state index contributed by atoms with van der Waals surface area (Å²) in [6.07, 6.45) is 0. The van der Waals surface area contributed by atoms with Crippen molar-refractivity contribution in [3.05, 3.63) is 164 Å². The fourth-order valence-electron chi connectivity index (χ4n) is 4.10. The van der Waals surface area contributed by atoms with Crippen molar-refractivity contribution in [3.63, 3.8) is 0 Å². The molecule has 15 nitrogen and oxygen atoms in total. The third kappa shape index (κ3) is 11.1. The Morgan fingerprint density at radius 1 is 0.700 bits per heavy atom. The molecule has 0 heterocycles. The molecule has 0 saturated heterocycles. The van der Waals surface area contributed by atoms with Crippen LogP contribution in [0.1, 0.15) is 31.8 Å². The number of nitrogens with one attached hydrogen (secondary N) is 1. The van der Waals surface area contributed by atoms with Crippen molar-refractivity contribution in [1.29, 1.82) is 0 Å². The highest BCUT2D eigenvalue weighted by Crippen LogP contribution is 2.28. The van der Waals surface area contributed by atoms with E-state index in [0.717, 1.165) is 23.2 Å². The fourth-order valence-corrected chi connectivity index (χ4v) is 4.56. The summed E-state index contributed by atoms with van der Waals surface area (Å²) < 4.78 is 15.8. The van der Waals surface area contributed by atoms with Gasteiger partial charge in [-0.05, 0) is 83.9 Å². The van der Waals surface area contributed by atoms with Crippen LogP contribution in [0.25, 0.3) is 0 Å². The number of amides is 1. The van der Waals surface area contributed by atoms with Crippen molar-refractivity contribution in [2.45, 2.75) is 18.1 Å². The second-order valence-electron chi connectivity index (χ2n) is 9.98. The summed E-state index contributed by atoms with van der Waals surface area (Å²) in [7, 11) is 0. The van der Waals surface area contributed by atoms with E-state index in [9.17, 15) is 29.8 Å². The largest absolute Gasteiger partial charge is 0.489 e. The molecule has 0 radical (unpaired) electrons. The van der Waals surface area contributed by atoms with E-state index in [1.165, 1.54) is 36.4 Å². The number of non-ortho nitro benzene ring substituents is 2. The van der Waals surface area contributed by atoms with Gasteiger partial charge in [-0.25, -0.2) is 4.79 Å². The van der Waals surface area contributed by atoms with Gasteiger partial charge in [-0.15, -0.1) is 9.32 Å². The smallest absolute Gasteiger partial charge is 0.335 e. The number of ether oxygens (including phenoxy) is 2. The molecule has 50 heavy (non-hydrogen) atoms. The summed E-state index contributed by atoms with van der Waals surface area (Å²) in [5.74, 6) is 4.42. The van der Waals surface area contributed by atoms with Crippen molar-refractivity contribution in [2.75, 3.05) is 5.32 Å². The first-order valence-electron chi connectivity index (χ1n) is 14.4. The molecule has 0 aliphatic carbocycles. The van der Waals surface area contributed by atoms with Crippen LogP contribution in [0.4, 0.5) is 17.1 Å². The van der Waals surface area contributed by atoms with E-state index >= 15 is 0 Å². The number of para-hydroxylation sites is 1. The molecule has 5 rings (SSSR count). The number of nitrogens with zero attached hydrogens (tertiary/aromatic N) is 2. The average Bonchev–Trinajstić information content (AvgIpc) is 3.13. The van der Waals surface area contributed by atoms with Gasteiger partial charge < -0.3 is 19.9 Å². The van der Waals surface area contributed by atoms with Gasteiger partial charge in [-0.3, -0.25) is 25.0 Å². The van der Waals surface area contributed by atoms with Crippen LogP contribution in [0.3, 0.4) is 0 Å². The molecular weight excluding hydrogens is 672 g/mol. The first-order valence-corrected chi connectivity index (χ1v) is 15.1. The van der Waals surface area contributed by atoms with E-state index in [-0.39, 0.29) is 36.1 Å². The summed E-state index contributed by atoms with van der Waals surface area (Å²) in [4.78, 5) is 48.4. The van der Waals surface area contributed by atoms with E-state index in [2.05, 4.69) is 14.6 Å². The molecule has 0 atom stereocenters. The molecule has 16 heteroatoms. The Morgan fingerprint density at radius 3 is 1.70 bits per heavy atom. The third-order valence-electron chi connectivity index (χ3n) is 6.58. The quantitative estimate of drug-likeness (QED) is 0.0455. The van der Waals surface area contributed by atoms with Crippen molar-refractivity contribution < 1.29 is 43.3 Å². The number of rotatable bonds is 14. The standard InChI is InChI=1S/C20H17N3O6S.C14H11NO5/c21-28-29-30-19-7-2-1-6-18(19)22-20(24)15-4-3-5-17(12-15)27-13-14-8-10-16(11-9-14)23(25)26;16-14(17)11-2-1-3-13(8-11)20-9-10-4-6-12(7-5-10)15(18)19/h1-12H,13,21H2,(H,22,24);1-8H,9H2,(H,16,17). The third-order valence-corrected chi connectivity index (χ3v) is 7.26. The number of nitro groups is 2.